The number of anilines is 1. The van der Waals surface area contributed by atoms with Gasteiger partial charge in [-0.3, -0.25) is 0 Å². The molecule has 5 nitrogen and oxygen atoms in total. The first-order valence-electron chi connectivity index (χ1n) is 6.32. The van der Waals surface area contributed by atoms with Crippen LogP contribution in [0, 0.1) is 6.92 Å². The molecule has 0 saturated carbocycles. The second kappa shape index (κ2) is 6.78. The molecule has 0 atom stereocenters. The molecule has 2 N–H and O–H groups in total. The third kappa shape index (κ3) is 3.98. The highest BCUT2D eigenvalue weighted by Crippen LogP contribution is 2.19. The van der Waals surface area contributed by atoms with Crippen LogP contribution in [-0.4, -0.2) is 35.6 Å². The molecule has 1 rings (SSSR count). The average Bonchev–Trinajstić information content (AvgIpc) is 2.37. The molecular weight excluding hydrogens is 244 g/mol. The number of unbranched alkanes of at least 4 members (excludes halogenated alkanes) is 1. The highest BCUT2D eigenvalue weighted by Gasteiger charge is 2.13. The van der Waals surface area contributed by atoms with E-state index in [2.05, 4.69) is 12.2 Å². The van der Waals surface area contributed by atoms with Crippen LogP contribution in [-0.2, 0) is 0 Å². The van der Waals surface area contributed by atoms with Gasteiger partial charge in [-0.1, -0.05) is 19.4 Å². The number of carboxylic acid groups (broad SMARTS) is 1. The molecule has 1 aromatic rings. The lowest BCUT2D eigenvalue weighted by Crippen LogP contribution is -2.32. The largest absolute Gasteiger partial charge is 0.478 e. The predicted octanol–water partition coefficient (Wildman–Crippen LogP) is 2.96. The van der Waals surface area contributed by atoms with Crippen molar-refractivity contribution in [2.24, 2.45) is 0 Å². The van der Waals surface area contributed by atoms with Crippen molar-refractivity contribution < 1.29 is 14.7 Å². The molecule has 0 spiro atoms. The molecule has 0 radical (unpaired) electrons. The Morgan fingerprint density at radius 2 is 2.05 bits per heavy atom. The second-order valence-electron chi connectivity index (χ2n) is 4.49. The van der Waals surface area contributed by atoms with E-state index in [4.69, 9.17) is 5.11 Å². The Labute approximate surface area is 113 Å². The molecule has 0 heterocycles. The summed E-state index contributed by atoms with van der Waals surface area (Å²) in [5.74, 6) is -0.993. The summed E-state index contributed by atoms with van der Waals surface area (Å²) < 4.78 is 0. The lowest BCUT2D eigenvalue weighted by Gasteiger charge is -2.18. The number of carboxylic acids is 1. The van der Waals surface area contributed by atoms with Crippen molar-refractivity contribution in [3.8, 4) is 0 Å². The van der Waals surface area contributed by atoms with Gasteiger partial charge in [0.05, 0.1) is 5.56 Å². The lowest BCUT2D eigenvalue weighted by atomic mass is 10.1. The van der Waals surface area contributed by atoms with Gasteiger partial charge in [-0.05, 0) is 31.0 Å². The first kappa shape index (κ1) is 15.0. The minimum Gasteiger partial charge on any atom is -0.478 e. The standard InChI is InChI=1S/C14H20N2O3/c1-4-5-9-16(3)14(19)15-12-8-6-7-11(10(12)2)13(17)18/h6-8H,4-5,9H2,1-3H3,(H,15,19)(H,17,18). The minimum atomic E-state index is -0.993. The van der Waals surface area contributed by atoms with Gasteiger partial charge < -0.3 is 15.3 Å². The van der Waals surface area contributed by atoms with E-state index >= 15 is 0 Å². The van der Waals surface area contributed by atoms with E-state index in [1.165, 1.54) is 6.07 Å². The maximum atomic E-state index is 11.9. The molecular formula is C14H20N2O3. The molecule has 19 heavy (non-hydrogen) atoms. The summed E-state index contributed by atoms with van der Waals surface area (Å²) in [6, 6.07) is 4.62. The molecule has 2 amide bonds. The van der Waals surface area contributed by atoms with Crippen LogP contribution >= 0.6 is 0 Å². The quantitative estimate of drug-likeness (QED) is 0.859. The number of aromatic carboxylic acids is 1. The van der Waals surface area contributed by atoms with Crippen molar-refractivity contribution in [3.05, 3.63) is 29.3 Å². The molecule has 0 fully saturated rings. The second-order valence-corrected chi connectivity index (χ2v) is 4.49. The number of nitrogens with one attached hydrogen (secondary N) is 1. The Morgan fingerprint density at radius 1 is 1.37 bits per heavy atom. The van der Waals surface area contributed by atoms with Crippen LogP contribution in [0.3, 0.4) is 0 Å². The van der Waals surface area contributed by atoms with Crippen molar-refractivity contribution in [2.45, 2.75) is 26.7 Å². The number of carbonyl (C=O) groups is 2. The zero-order valence-electron chi connectivity index (χ0n) is 11.6. The molecule has 0 aliphatic rings. The number of carbonyl (C=O) groups excluding carboxylic acids is 1. The van der Waals surface area contributed by atoms with Crippen LogP contribution in [0.2, 0.25) is 0 Å². The van der Waals surface area contributed by atoms with E-state index in [0.717, 1.165) is 12.8 Å². The Kier molecular flexibility index (Phi) is 5.36. The van der Waals surface area contributed by atoms with Gasteiger partial charge in [0.2, 0.25) is 0 Å². The molecule has 5 heteroatoms. The zero-order valence-corrected chi connectivity index (χ0v) is 11.6. The van der Waals surface area contributed by atoms with Crippen LogP contribution in [0.4, 0.5) is 10.5 Å². The fourth-order valence-electron chi connectivity index (χ4n) is 1.71. The summed E-state index contributed by atoms with van der Waals surface area (Å²) >= 11 is 0. The van der Waals surface area contributed by atoms with Crippen molar-refractivity contribution in [2.75, 3.05) is 18.9 Å². The number of rotatable bonds is 5. The molecule has 0 unspecified atom stereocenters. The number of amides is 2. The summed E-state index contributed by atoms with van der Waals surface area (Å²) in [6.07, 6.45) is 1.96. The topological polar surface area (TPSA) is 69.6 Å². The fraction of sp³-hybridized carbons (Fsp3) is 0.429. The van der Waals surface area contributed by atoms with E-state index in [9.17, 15) is 9.59 Å². The van der Waals surface area contributed by atoms with Gasteiger partial charge in [-0.2, -0.15) is 0 Å². The van der Waals surface area contributed by atoms with E-state index in [0.29, 0.717) is 17.8 Å². The molecule has 1 aromatic carbocycles. The zero-order chi connectivity index (χ0) is 14.4. The van der Waals surface area contributed by atoms with Crippen LogP contribution in [0.25, 0.3) is 0 Å². The smallest absolute Gasteiger partial charge is 0.336 e. The Hall–Kier alpha value is -2.04. The van der Waals surface area contributed by atoms with Gasteiger partial charge in [0.1, 0.15) is 0 Å². The average molecular weight is 264 g/mol. The summed E-state index contributed by atoms with van der Waals surface area (Å²) in [6.45, 7) is 4.43. The van der Waals surface area contributed by atoms with Crippen LogP contribution in [0.15, 0.2) is 18.2 Å². The Balaban J connectivity index is 2.80. The van der Waals surface area contributed by atoms with Crippen LogP contribution in [0.1, 0.15) is 35.7 Å². The number of hydrogen-bond donors (Lipinski definition) is 2. The number of benzene rings is 1. The minimum absolute atomic E-state index is 0.203. The Morgan fingerprint density at radius 3 is 2.63 bits per heavy atom. The summed E-state index contributed by atoms with van der Waals surface area (Å²) in [4.78, 5) is 24.5. The van der Waals surface area contributed by atoms with E-state index in [1.54, 1.807) is 31.0 Å². The normalized spacial score (nSPS) is 10.1. The number of hydrogen-bond acceptors (Lipinski definition) is 2. The first-order chi connectivity index (χ1) is 8.97. The highest BCUT2D eigenvalue weighted by molar-refractivity contribution is 5.95. The van der Waals surface area contributed by atoms with Crippen molar-refractivity contribution in [1.29, 1.82) is 0 Å². The van der Waals surface area contributed by atoms with E-state index in [-0.39, 0.29) is 11.6 Å². The van der Waals surface area contributed by atoms with Crippen molar-refractivity contribution in [1.82, 2.24) is 4.90 Å². The molecule has 0 bridgehead atoms. The molecule has 0 aliphatic heterocycles. The van der Waals surface area contributed by atoms with Gasteiger partial charge in [0, 0.05) is 19.3 Å². The van der Waals surface area contributed by atoms with Crippen molar-refractivity contribution in [3.63, 3.8) is 0 Å². The first-order valence-corrected chi connectivity index (χ1v) is 6.32. The molecule has 0 saturated heterocycles. The third-order valence-electron chi connectivity index (χ3n) is 3.00. The van der Waals surface area contributed by atoms with Gasteiger partial charge in [0.15, 0.2) is 0 Å². The van der Waals surface area contributed by atoms with Crippen molar-refractivity contribution >= 4 is 17.7 Å². The molecule has 0 aliphatic carbocycles. The maximum Gasteiger partial charge on any atom is 0.336 e. The SMILES string of the molecule is CCCCN(C)C(=O)Nc1cccc(C(=O)O)c1C. The highest BCUT2D eigenvalue weighted by atomic mass is 16.4. The lowest BCUT2D eigenvalue weighted by molar-refractivity contribution is 0.0696. The van der Waals surface area contributed by atoms with E-state index < -0.39 is 5.97 Å². The molecule has 0 aromatic heterocycles. The van der Waals surface area contributed by atoms with Crippen LogP contribution in [0.5, 0.6) is 0 Å². The monoisotopic (exact) mass is 264 g/mol. The van der Waals surface area contributed by atoms with Gasteiger partial charge in [0.25, 0.3) is 0 Å². The fourth-order valence-corrected chi connectivity index (χ4v) is 1.71. The predicted molar refractivity (Wildman–Crippen MR) is 74.7 cm³/mol. The van der Waals surface area contributed by atoms with Gasteiger partial charge in [-0.15, -0.1) is 0 Å². The number of nitrogens with zero attached hydrogens (tertiary/aromatic N) is 1. The van der Waals surface area contributed by atoms with Gasteiger partial charge in [-0.25, -0.2) is 9.59 Å². The summed E-state index contributed by atoms with van der Waals surface area (Å²) in [5, 5.41) is 11.8. The molecule has 104 valence electrons. The summed E-state index contributed by atoms with van der Waals surface area (Å²) in [5.41, 5.74) is 1.30. The summed E-state index contributed by atoms with van der Waals surface area (Å²) in [7, 11) is 1.72. The maximum absolute atomic E-state index is 11.9. The number of urea groups is 1. The third-order valence-corrected chi connectivity index (χ3v) is 3.00. The van der Waals surface area contributed by atoms with E-state index in [1.807, 2.05) is 0 Å². The Bertz CT molecular complexity index is 472. The van der Waals surface area contributed by atoms with Gasteiger partial charge >= 0.3 is 12.0 Å². The van der Waals surface area contributed by atoms with Crippen LogP contribution < -0.4 is 5.32 Å².